The van der Waals surface area contributed by atoms with Crippen molar-refractivity contribution in [2.45, 2.75) is 32.5 Å². The fourth-order valence-electron chi connectivity index (χ4n) is 2.99. The Bertz CT molecular complexity index is 690. The van der Waals surface area contributed by atoms with E-state index in [-0.39, 0.29) is 0 Å². The number of likely N-dealkylation sites (tertiary alicyclic amines) is 1. The first-order valence-electron chi connectivity index (χ1n) is 8.70. The lowest BCUT2D eigenvalue weighted by Crippen LogP contribution is -2.36. The maximum atomic E-state index is 4.29. The summed E-state index contributed by atoms with van der Waals surface area (Å²) < 4.78 is 1.13. The maximum absolute atomic E-state index is 4.29. The molecule has 2 aromatic rings. The van der Waals surface area contributed by atoms with Gasteiger partial charge in [-0.05, 0) is 59.1 Å². The zero-order chi connectivity index (χ0) is 17.5. The SMILES string of the molecule is CN=C(NCc1ccc(CN2CCCC2)cc1)NCc1cc(Br)cs1. The molecule has 134 valence electrons. The van der Waals surface area contributed by atoms with Gasteiger partial charge in [-0.15, -0.1) is 11.3 Å². The lowest BCUT2D eigenvalue weighted by molar-refractivity contribution is 0.331. The van der Waals surface area contributed by atoms with Crippen LogP contribution in [0.3, 0.4) is 0 Å². The number of nitrogens with one attached hydrogen (secondary N) is 2. The van der Waals surface area contributed by atoms with Gasteiger partial charge in [0.1, 0.15) is 0 Å². The standard InChI is InChI=1S/C19H25BrN4S/c1-21-19(23-12-18-10-17(20)14-25-18)22-11-15-4-6-16(7-5-15)13-24-8-2-3-9-24/h4-7,10,14H,2-3,8-9,11-13H2,1H3,(H2,21,22,23). The summed E-state index contributed by atoms with van der Waals surface area (Å²) in [5.74, 6) is 0.825. The Morgan fingerprint density at radius 3 is 2.44 bits per heavy atom. The van der Waals surface area contributed by atoms with Gasteiger partial charge in [0, 0.05) is 34.9 Å². The van der Waals surface area contributed by atoms with Crippen molar-refractivity contribution >= 4 is 33.2 Å². The summed E-state index contributed by atoms with van der Waals surface area (Å²) in [7, 11) is 1.80. The molecule has 1 aliphatic heterocycles. The lowest BCUT2D eigenvalue weighted by Gasteiger charge is -2.15. The normalized spacial score (nSPS) is 15.5. The van der Waals surface area contributed by atoms with E-state index in [2.05, 4.69) is 72.2 Å². The number of hydrogen-bond acceptors (Lipinski definition) is 3. The monoisotopic (exact) mass is 420 g/mol. The highest BCUT2D eigenvalue weighted by Gasteiger charge is 2.11. The number of rotatable bonds is 6. The van der Waals surface area contributed by atoms with Gasteiger partial charge in [-0.3, -0.25) is 9.89 Å². The predicted molar refractivity (Wildman–Crippen MR) is 110 cm³/mol. The van der Waals surface area contributed by atoms with Gasteiger partial charge in [0.15, 0.2) is 5.96 Å². The van der Waals surface area contributed by atoms with Crippen LogP contribution >= 0.6 is 27.3 Å². The fraction of sp³-hybridized carbons (Fsp3) is 0.421. The van der Waals surface area contributed by atoms with Crippen molar-refractivity contribution in [1.82, 2.24) is 15.5 Å². The second-order valence-corrected chi connectivity index (χ2v) is 8.22. The molecule has 3 rings (SSSR count). The van der Waals surface area contributed by atoms with Crippen LogP contribution < -0.4 is 10.6 Å². The molecular weight excluding hydrogens is 396 g/mol. The van der Waals surface area contributed by atoms with E-state index in [4.69, 9.17) is 0 Å². The van der Waals surface area contributed by atoms with Gasteiger partial charge in [-0.1, -0.05) is 24.3 Å². The summed E-state index contributed by atoms with van der Waals surface area (Å²) in [4.78, 5) is 8.10. The molecular formula is C19H25BrN4S. The number of halogens is 1. The fourth-order valence-corrected chi connectivity index (χ4v) is 4.38. The number of thiophene rings is 1. The molecule has 6 heteroatoms. The topological polar surface area (TPSA) is 39.7 Å². The van der Waals surface area contributed by atoms with Crippen molar-refractivity contribution in [3.63, 3.8) is 0 Å². The van der Waals surface area contributed by atoms with Crippen LogP contribution in [0.25, 0.3) is 0 Å². The highest BCUT2D eigenvalue weighted by molar-refractivity contribution is 9.10. The molecule has 2 heterocycles. The zero-order valence-electron chi connectivity index (χ0n) is 14.6. The van der Waals surface area contributed by atoms with Gasteiger partial charge >= 0.3 is 0 Å². The van der Waals surface area contributed by atoms with Crippen molar-refractivity contribution < 1.29 is 0 Å². The first kappa shape index (κ1) is 18.4. The smallest absolute Gasteiger partial charge is 0.191 e. The summed E-state index contributed by atoms with van der Waals surface area (Å²) >= 11 is 5.22. The maximum Gasteiger partial charge on any atom is 0.191 e. The second-order valence-electron chi connectivity index (χ2n) is 6.31. The third-order valence-electron chi connectivity index (χ3n) is 4.36. The van der Waals surface area contributed by atoms with E-state index >= 15 is 0 Å². The first-order valence-corrected chi connectivity index (χ1v) is 10.4. The van der Waals surface area contributed by atoms with Crippen LogP contribution in [0.15, 0.2) is 45.2 Å². The van der Waals surface area contributed by atoms with E-state index in [9.17, 15) is 0 Å². The summed E-state index contributed by atoms with van der Waals surface area (Å²) in [5.41, 5.74) is 2.67. The van der Waals surface area contributed by atoms with Crippen molar-refractivity contribution in [3.8, 4) is 0 Å². The largest absolute Gasteiger partial charge is 0.352 e. The molecule has 0 aliphatic carbocycles. The predicted octanol–water partition coefficient (Wildman–Crippen LogP) is 3.97. The number of benzene rings is 1. The van der Waals surface area contributed by atoms with E-state index < -0.39 is 0 Å². The number of aliphatic imine (C=N–C) groups is 1. The van der Waals surface area contributed by atoms with Crippen LogP contribution in [-0.2, 0) is 19.6 Å². The van der Waals surface area contributed by atoms with Crippen LogP contribution in [0.4, 0.5) is 0 Å². The van der Waals surface area contributed by atoms with Crippen molar-refractivity contribution in [2.75, 3.05) is 20.1 Å². The zero-order valence-corrected chi connectivity index (χ0v) is 17.0. The quantitative estimate of drug-likeness (QED) is 0.548. The second kappa shape index (κ2) is 9.36. The van der Waals surface area contributed by atoms with E-state index in [1.165, 1.54) is 41.9 Å². The van der Waals surface area contributed by atoms with E-state index in [0.29, 0.717) is 0 Å². The Morgan fingerprint density at radius 2 is 1.80 bits per heavy atom. The molecule has 1 saturated heterocycles. The van der Waals surface area contributed by atoms with Gasteiger partial charge in [0.05, 0.1) is 6.54 Å². The number of nitrogens with zero attached hydrogens (tertiary/aromatic N) is 2. The molecule has 2 N–H and O–H groups in total. The minimum atomic E-state index is 0.776. The summed E-state index contributed by atoms with van der Waals surface area (Å²) in [6.07, 6.45) is 2.69. The van der Waals surface area contributed by atoms with Gasteiger partial charge in [-0.25, -0.2) is 0 Å². The molecule has 0 unspecified atom stereocenters. The number of hydrogen-bond donors (Lipinski definition) is 2. The molecule has 0 radical (unpaired) electrons. The van der Waals surface area contributed by atoms with Crippen LogP contribution in [0.1, 0.15) is 28.8 Å². The highest BCUT2D eigenvalue weighted by atomic mass is 79.9. The molecule has 0 saturated carbocycles. The van der Waals surface area contributed by atoms with E-state index in [0.717, 1.165) is 30.1 Å². The molecule has 0 amide bonds. The van der Waals surface area contributed by atoms with Crippen molar-refractivity contribution in [1.29, 1.82) is 0 Å². The van der Waals surface area contributed by atoms with Crippen LogP contribution in [0.5, 0.6) is 0 Å². The first-order chi connectivity index (χ1) is 12.2. The summed E-state index contributed by atoms with van der Waals surface area (Å²) in [5, 5.41) is 8.82. The Balaban J connectivity index is 1.44. The molecule has 0 spiro atoms. The Hall–Kier alpha value is -1.37. The molecule has 1 aromatic heterocycles. The molecule has 25 heavy (non-hydrogen) atoms. The van der Waals surface area contributed by atoms with Gasteiger partial charge in [0.2, 0.25) is 0 Å². The molecule has 1 aliphatic rings. The molecule has 0 atom stereocenters. The third kappa shape index (κ3) is 5.83. The van der Waals surface area contributed by atoms with Crippen LogP contribution in [0, 0.1) is 0 Å². The Kier molecular flexibility index (Phi) is 6.90. The lowest BCUT2D eigenvalue weighted by atomic mass is 10.1. The van der Waals surface area contributed by atoms with E-state index in [1.807, 2.05) is 0 Å². The summed E-state index contributed by atoms with van der Waals surface area (Å²) in [6, 6.07) is 11.0. The average Bonchev–Trinajstić information content (AvgIpc) is 3.28. The molecule has 1 aromatic carbocycles. The van der Waals surface area contributed by atoms with Crippen molar-refractivity contribution in [2.24, 2.45) is 4.99 Å². The Labute approximate surface area is 162 Å². The van der Waals surface area contributed by atoms with Crippen LogP contribution in [0.2, 0.25) is 0 Å². The van der Waals surface area contributed by atoms with Gasteiger partial charge in [-0.2, -0.15) is 0 Å². The van der Waals surface area contributed by atoms with Gasteiger partial charge in [0.25, 0.3) is 0 Å². The van der Waals surface area contributed by atoms with Gasteiger partial charge < -0.3 is 10.6 Å². The molecule has 0 bridgehead atoms. The van der Waals surface area contributed by atoms with E-state index in [1.54, 1.807) is 18.4 Å². The minimum Gasteiger partial charge on any atom is -0.352 e. The summed E-state index contributed by atoms with van der Waals surface area (Å²) in [6.45, 7) is 5.12. The van der Waals surface area contributed by atoms with Crippen molar-refractivity contribution in [3.05, 3.63) is 56.2 Å². The molecule has 1 fully saturated rings. The molecule has 4 nitrogen and oxygen atoms in total. The average molecular weight is 421 g/mol. The highest BCUT2D eigenvalue weighted by Crippen LogP contribution is 2.19. The van der Waals surface area contributed by atoms with Crippen LogP contribution in [-0.4, -0.2) is 31.0 Å². The minimum absolute atomic E-state index is 0.776. The number of guanidine groups is 1. The third-order valence-corrected chi connectivity index (χ3v) is 6.06. The Morgan fingerprint density at radius 1 is 1.12 bits per heavy atom.